The number of nitrogens with zero attached hydrogens (tertiary/aromatic N) is 1. The van der Waals surface area contributed by atoms with E-state index in [1.54, 1.807) is 18.9 Å². The fraction of sp³-hybridized carbons (Fsp3) is 0.706. The summed E-state index contributed by atoms with van der Waals surface area (Å²) in [6.07, 6.45) is 8.29. The molecule has 1 rings (SSSR count). The third-order valence-corrected chi connectivity index (χ3v) is 3.80. The number of hydrogen-bond donors (Lipinski definition) is 1. The first-order valence-electron chi connectivity index (χ1n) is 8.56. The molecule has 1 fully saturated rings. The van der Waals surface area contributed by atoms with E-state index in [0.717, 1.165) is 25.0 Å². The number of rotatable bonds is 8. The molecule has 2 amide bonds. The van der Waals surface area contributed by atoms with E-state index in [1.165, 1.54) is 19.3 Å². The van der Waals surface area contributed by atoms with Crippen molar-refractivity contribution in [3.05, 3.63) is 12.2 Å². The lowest BCUT2D eigenvalue weighted by atomic mass is 9.96. The van der Waals surface area contributed by atoms with Crippen LogP contribution in [0.2, 0.25) is 0 Å². The molecule has 0 spiro atoms. The minimum absolute atomic E-state index is 0.0876. The zero-order valence-electron chi connectivity index (χ0n) is 14.6. The van der Waals surface area contributed by atoms with Crippen molar-refractivity contribution in [3.63, 3.8) is 0 Å². The van der Waals surface area contributed by atoms with Crippen LogP contribution in [-0.2, 0) is 19.1 Å². The van der Waals surface area contributed by atoms with E-state index < -0.39 is 11.9 Å². The highest BCUT2D eigenvalue weighted by molar-refractivity contribution is 5.91. The third kappa shape index (κ3) is 8.55. The number of ether oxygens (including phenoxy) is 2. The second-order valence-electron chi connectivity index (χ2n) is 5.81. The van der Waals surface area contributed by atoms with Crippen molar-refractivity contribution in [2.45, 2.75) is 51.5 Å². The molecule has 1 aliphatic rings. The molecule has 7 heteroatoms. The second-order valence-corrected chi connectivity index (χ2v) is 5.81. The van der Waals surface area contributed by atoms with Crippen molar-refractivity contribution in [1.29, 1.82) is 0 Å². The van der Waals surface area contributed by atoms with Gasteiger partial charge in [-0.15, -0.1) is 0 Å². The Morgan fingerprint density at radius 1 is 1.08 bits per heavy atom. The molecular formula is C17H28N2O5. The van der Waals surface area contributed by atoms with Crippen LogP contribution >= 0.6 is 0 Å². The zero-order chi connectivity index (χ0) is 17.8. The standard InChI is InChI=1S/C17H28N2O5/c1-3-23-15(20)10-11-16(21)24-13-7-12-19(2)17(22)18-14-8-5-4-6-9-14/h10-11,14H,3-9,12-13H2,1-2H3,(H,18,22)/b11-10+. The lowest BCUT2D eigenvalue weighted by Gasteiger charge is -2.26. The third-order valence-electron chi connectivity index (χ3n) is 3.80. The van der Waals surface area contributed by atoms with E-state index in [4.69, 9.17) is 4.74 Å². The first kappa shape index (κ1) is 20.0. The predicted octanol–water partition coefficient (Wildman–Crippen LogP) is 2.01. The smallest absolute Gasteiger partial charge is 0.331 e. The average Bonchev–Trinajstić information content (AvgIpc) is 2.57. The van der Waals surface area contributed by atoms with Crippen LogP contribution in [0.5, 0.6) is 0 Å². The molecule has 7 nitrogen and oxygen atoms in total. The summed E-state index contributed by atoms with van der Waals surface area (Å²) < 4.78 is 9.61. The fourth-order valence-corrected chi connectivity index (χ4v) is 2.48. The van der Waals surface area contributed by atoms with Crippen molar-refractivity contribution < 1.29 is 23.9 Å². The van der Waals surface area contributed by atoms with Gasteiger partial charge in [-0.1, -0.05) is 19.3 Å². The number of nitrogens with one attached hydrogen (secondary N) is 1. The van der Waals surface area contributed by atoms with Gasteiger partial charge in [0.25, 0.3) is 0 Å². The van der Waals surface area contributed by atoms with Gasteiger partial charge in [-0.2, -0.15) is 0 Å². The molecule has 1 saturated carbocycles. The lowest BCUT2D eigenvalue weighted by Crippen LogP contribution is -2.44. The number of esters is 2. The van der Waals surface area contributed by atoms with E-state index in [0.29, 0.717) is 13.0 Å². The Bertz CT molecular complexity index is 444. The minimum Gasteiger partial charge on any atom is -0.463 e. The maximum Gasteiger partial charge on any atom is 0.331 e. The first-order valence-corrected chi connectivity index (χ1v) is 8.56. The van der Waals surface area contributed by atoms with Gasteiger partial charge in [0.2, 0.25) is 0 Å². The van der Waals surface area contributed by atoms with E-state index >= 15 is 0 Å². The summed E-state index contributed by atoms with van der Waals surface area (Å²) in [6.45, 7) is 2.62. The highest BCUT2D eigenvalue weighted by atomic mass is 16.5. The molecule has 0 aromatic carbocycles. The van der Waals surface area contributed by atoms with E-state index in [2.05, 4.69) is 10.1 Å². The summed E-state index contributed by atoms with van der Waals surface area (Å²) in [5.41, 5.74) is 0. The summed E-state index contributed by atoms with van der Waals surface area (Å²) in [4.78, 5) is 36.0. The largest absolute Gasteiger partial charge is 0.463 e. The van der Waals surface area contributed by atoms with Gasteiger partial charge in [0, 0.05) is 31.8 Å². The van der Waals surface area contributed by atoms with Crippen molar-refractivity contribution >= 4 is 18.0 Å². The lowest BCUT2D eigenvalue weighted by molar-refractivity contribution is -0.140. The van der Waals surface area contributed by atoms with Gasteiger partial charge in [-0.05, 0) is 26.2 Å². The van der Waals surface area contributed by atoms with Crippen LogP contribution in [0.1, 0.15) is 45.4 Å². The first-order chi connectivity index (χ1) is 11.5. The van der Waals surface area contributed by atoms with Crippen LogP contribution in [0.4, 0.5) is 4.79 Å². The molecule has 1 N–H and O–H groups in total. The maximum absolute atomic E-state index is 12.0. The summed E-state index contributed by atoms with van der Waals surface area (Å²) in [7, 11) is 1.72. The number of hydrogen-bond acceptors (Lipinski definition) is 5. The minimum atomic E-state index is -0.600. The van der Waals surface area contributed by atoms with E-state index in [9.17, 15) is 14.4 Å². The predicted molar refractivity (Wildman–Crippen MR) is 89.4 cm³/mol. The van der Waals surface area contributed by atoms with Gasteiger partial charge in [0.05, 0.1) is 13.2 Å². The number of urea groups is 1. The van der Waals surface area contributed by atoms with Crippen molar-refractivity contribution in [2.75, 3.05) is 26.8 Å². The van der Waals surface area contributed by atoms with Crippen LogP contribution < -0.4 is 5.32 Å². The Hall–Kier alpha value is -2.05. The molecule has 24 heavy (non-hydrogen) atoms. The average molecular weight is 340 g/mol. The van der Waals surface area contributed by atoms with Crippen LogP contribution in [0.25, 0.3) is 0 Å². The molecule has 0 atom stereocenters. The molecule has 0 bridgehead atoms. The SMILES string of the molecule is CCOC(=O)/C=C/C(=O)OCCCN(C)C(=O)NC1CCCCC1. The Morgan fingerprint density at radius 3 is 2.33 bits per heavy atom. The summed E-state index contributed by atoms with van der Waals surface area (Å²) in [6, 6.07) is 0.190. The molecule has 0 unspecified atom stereocenters. The Kier molecular flexibility index (Phi) is 9.56. The van der Waals surface area contributed by atoms with Crippen molar-refractivity contribution in [1.82, 2.24) is 10.2 Å². The molecule has 0 aromatic rings. The molecular weight excluding hydrogens is 312 g/mol. The van der Waals surface area contributed by atoms with Gasteiger partial charge in [-0.3, -0.25) is 0 Å². The highest BCUT2D eigenvalue weighted by Crippen LogP contribution is 2.17. The Morgan fingerprint density at radius 2 is 1.71 bits per heavy atom. The highest BCUT2D eigenvalue weighted by Gasteiger charge is 2.17. The van der Waals surface area contributed by atoms with Gasteiger partial charge in [-0.25, -0.2) is 14.4 Å². The molecule has 136 valence electrons. The molecule has 1 aliphatic carbocycles. The normalized spacial score (nSPS) is 15.1. The summed E-state index contributed by atoms with van der Waals surface area (Å²) in [5.74, 6) is -1.18. The summed E-state index contributed by atoms with van der Waals surface area (Å²) >= 11 is 0. The van der Waals surface area contributed by atoms with Crippen molar-refractivity contribution in [3.8, 4) is 0 Å². The number of carbonyl (C=O) groups excluding carboxylic acids is 3. The molecule has 0 radical (unpaired) electrons. The zero-order valence-corrected chi connectivity index (χ0v) is 14.6. The van der Waals surface area contributed by atoms with Gasteiger partial charge >= 0.3 is 18.0 Å². The number of amides is 2. The topological polar surface area (TPSA) is 84.9 Å². The number of carbonyl (C=O) groups is 3. The van der Waals surface area contributed by atoms with Crippen LogP contribution in [0.15, 0.2) is 12.2 Å². The van der Waals surface area contributed by atoms with Gasteiger partial charge in [0.15, 0.2) is 0 Å². The molecule has 0 aliphatic heterocycles. The quantitative estimate of drug-likeness (QED) is 0.415. The van der Waals surface area contributed by atoms with Crippen LogP contribution in [0.3, 0.4) is 0 Å². The fourth-order valence-electron chi connectivity index (χ4n) is 2.48. The van der Waals surface area contributed by atoms with Crippen LogP contribution in [-0.4, -0.2) is 55.7 Å². The van der Waals surface area contributed by atoms with Gasteiger partial charge in [0.1, 0.15) is 0 Å². The Balaban J connectivity index is 2.13. The summed E-state index contributed by atoms with van der Waals surface area (Å²) in [5, 5.41) is 3.03. The Labute approximate surface area is 143 Å². The van der Waals surface area contributed by atoms with Crippen LogP contribution in [0, 0.1) is 0 Å². The molecule has 0 saturated heterocycles. The monoisotopic (exact) mass is 340 g/mol. The van der Waals surface area contributed by atoms with Crippen molar-refractivity contribution in [2.24, 2.45) is 0 Å². The van der Waals surface area contributed by atoms with E-state index in [1.807, 2.05) is 0 Å². The van der Waals surface area contributed by atoms with Gasteiger partial charge < -0.3 is 19.7 Å². The van der Waals surface area contributed by atoms with E-state index in [-0.39, 0.29) is 25.3 Å². The molecule has 0 aromatic heterocycles. The molecule has 0 heterocycles. The second kappa shape index (κ2) is 11.5. The maximum atomic E-state index is 12.0.